The van der Waals surface area contributed by atoms with Crippen LogP contribution in [-0.4, -0.2) is 37.6 Å². The molecular weight excluding hydrogens is 464 g/mol. The van der Waals surface area contributed by atoms with Crippen LogP contribution in [0.4, 0.5) is 5.69 Å². The number of benzene rings is 1. The molecule has 2 aromatic heterocycles. The first-order valence-electron chi connectivity index (χ1n) is 10.0. The number of aryl methyl sites for hydroxylation is 1. The lowest BCUT2D eigenvalue weighted by atomic mass is 10.1. The Morgan fingerprint density at radius 1 is 1.15 bits per heavy atom. The van der Waals surface area contributed by atoms with Gasteiger partial charge in [0.15, 0.2) is 0 Å². The van der Waals surface area contributed by atoms with Crippen LogP contribution in [0, 0.1) is 13.8 Å². The summed E-state index contributed by atoms with van der Waals surface area (Å²) in [7, 11) is -3.82. The first-order chi connectivity index (χ1) is 15.7. The summed E-state index contributed by atoms with van der Waals surface area (Å²) < 4.78 is 32.8. The van der Waals surface area contributed by atoms with E-state index in [9.17, 15) is 18.0 Å². The lowest BCUT2D eigenvalue weighted by Gasteiger charge is -2.11. The number of hydrazone groups is 1. The van der Waals surface area contributed by atoms with E-state index in [0.29, 0.717) is 28.2 Å². The summed E-state index contributed by atoms with van der Waals surface area (Å²) in [6, 6.07) is 9.36. The maximum Gasteiger partial charge on any atom is 0.340 e. The number of aromatic amines is 1. The zero-order valence-corrected chi connectivity index (χ0v) is 20.2. The summed E-state index contributed by atoms with van der Waals surface area (Å²) in [5, 5.41) is 5.79. The molecule has 2 heterocycles. The second kappa shape index (κ2) is 10.0. The molecule has 0 aliphatic carbocycles. The van der Waals surface area contributed by atoms with Gasteiger partial charge in [0.05, 0.1) is 34.8 Å². The van der Waals surface area contributed by atoms with Crippen LogP contribution in [0.1, 0.15) is 51.5 Å². The third-order valence-corrected chi connectivity index (χ3v) is 7.54. The van der Waals surface area contributed by atoms with Gasteiger partial charge >= 0.3 is 5.97 Å². The van der Waals surface area contributed by atoms with Gasteiger partial charge in [-0.3, -0.25) is 9.52 Å². The fraction of sp³-hybridized carbons (Fsp3) is 0.227. The fourth-order valence-electron chi connectivity index (χ4n) is 3.25. The number of ether oxygens (including phenoxy) is 1. The molecule has 0 aliphatic heterocycles. The largest absolute Gasteiger partial charge is 0.462 e. The van der Waals surface area contributed by atoms with Crippen LogP contribution in [0.15, 0.2) is 51.1 Å². The van der Waals surface area contributed by atoms with E-state index in [1.807, 2.05) is 0 Å². The molecular formula is C22H24N4O5S2. The van der Waals surface area contributed by atoms with Crippen LogP contribution in [0.3, 0.4) is 0 Å². The molecule has 1 amide bonds. The van der Waals surface area contributed by atoms with Gasteiger partial charge in [-0.25, -0.2) is 18.6 Å². The first-order valence-corrected chi connectivity index (χ1v) is 12.4. The van der Waals surface area contributed by atoms with Gasteiger partial charge in [0.1, 0.15) is 4.21 Å². The van der Waals surface area contributed by atoms with Crippen LogP contribution < -0.4 is 10.1 Å². The Morgan fingerprint density at radius 2 is 1.88 bits per heavy atom. The maximum atomic E-state index is 12.8. The number of amides is 1. The number of carbonyl (C=O) groups excluding carboxylic acids is 2. The number of para-hydroxylation sites is 1. The first kappa shape index (κ1) is 24.2. The highest BCUT2D eigenvalue weighted by Gasteiger charge is 2.22. The Kier molecular flexibility index (Phi) is 7.34. The molecule has 0 saturated heterocycles. The van der Waals surface area contributed by atoms with Crippen LogP contribution >= 0.6 is 11.3 Å². The lowest BCUT2D eigenvalue weighted by Crippen LogP contribution is -2.22. The Hall–Kier alpha value is -3.44. The molecule has 3 aromatic rings. The molecule has 1 aromatic carbocycles. The molecule has 0 aliphatic rings. The van der Waals surface area contributed by atoms with E-state index < -0.39 is 21.9 Å². The number of esters is 1. The van der Waals surface area contributed by atoms with Crippen molar-refractivity contribution in [2.45, 2.75) is 31.9 Å². The van der Waals surface area contributed by atoms with Gasteiger partial charge in [0.25, 0.3) is 15.9 Å². The van der Waals surface area contributed by atoms with E-state index in [1.165, 1.54) is 18.2 Å². The van der Waals surface area contributed by atoms with E-state index in [-0.39, 0.29) is 22.1 Å². The molecule has 11 heteroatoms. The number of H-pyrrole nitrogens is 1. The summed E-state index contributed by atoms with van der Waals surface area (Å²) in [5.74, 6) is -1.02. The normalized spacial score (nSPS) is 11.8. The summed E-state index contributed by atoms with van der Waals surface area (Å²) in [6.45, 7) is 7.19. The minimum Gasteiger partial charge on any atom is -0.462 e. The monoisotopic (exact) mass is 488 g/mol. The third kappa shape index (κ3) is 5.32. The number of aromatic nitrogens is 1. The van der Waals surface area contributed by atoms with Gasteiger partial charge in [-0.15, -0.1) is 11.3 Å². The summed E-state index contributed by atoms with van der Waals surface area (Å²) >= 11 is 1.08. The van der Waals surface area contributed by atoms with Crippen LogP contribution in [0.25, 0.3) is 0 Å². The molecule has 0 spiro atoms. The molecule has 174 valence electrons. The number of anilines is 1. The molecule has 0 radical (unpaired) electrons. The number of hydrogen-bond acceptors (Lipinski definition) is 7. The number of hydrogen-bond donors (Lipinski definition) is 3. The number of sulfonamides is 1. The number of rotatable bonds is 8. The van der Waals surface area contributed by atoms with E-state index in [0.717, 1.165) is 11.3 Å². The number of nitrogens with one attached hydrogen (secondary N) is 3. The topological polar surface area (TPSA) is 130 Å². The Morgan fingerprint density at radius 3 is 2.55 bits per heavy atom. The molecule has 0 bridgehead atoms. The van der Waals surface area contributed by atoms with Crippen molar-refractivity contribution in [2.75, 3.05) is 11.3 Å². The fourth-order valence-corrected chi connectivity index (χ4v) is 5.33. The summed E-state index contributed by atoms with van der Waals surface area (Å²) in [5.41, 5.74) is 5.44. The van der Waals surface area contributed by atoms with Crippen molar-refractivity contribution >= 4 is 44.6 Å². The van der Waals surface area contributed by atoms with E-state index >= 15 is 0 Å². The highest BCUT2D eigenvalue weighted by molar-refractivity contribution is 7.94. The van der Waals surface area contributed by atoms with E-state index in [1.54, 1.807) is 51.3 Å². The quantitative estimate of drug-likeness (QED) is 0.252. The van der Waals surface area contributed by atoms with Crippen molar-refractivity contribution in [3.63, 3.8) is 0 Å². The summed E-state index contributed by atoms with van der Waals surface area (Å²) in [4.78, 5) is 28.1. The van der Waals surface area contributed by atoms with E-state index in [2.05, 4.69) is 20.2 Å². The highest BCUT2D eigenvalue weighted by Crippen LogP contribution is 2.23. The van der Waals surface area contributed by atoms with Crippen LogP contribution in [0.5, 0.6) is 0 Å². The Balaban J connectivity index is 1.82. The molecule has 33 heavy (non-hydrogen) atoms. The van der Waals surface area contributed by atoms with Crippen molar-refractivity contribution < 1.29 is 22.7 Å². The zero-order valence-electron chi connectivity index (χ0n) is 18.6. The SMILES string of the molecule is CCOC(=O)c1c(C)[nH]c(C(C)=NNC(=O)c2ccccc2NS(=O)(=O)c2cccs2)c1C. The van der Waals surface area contributed by atoms with Crippen molar-refractivity contribution in [3.8, 4) is 0 Å². The van der Waals surface area contributed by atoms with Crippen molar-refractivity contribution in [3.05, 3.63) is 69.9 Å². The Labute approximate surface area is 195 Å². The maximum absolute atomic E-state index is 12.8. The molecule has 9 nitrogen and oxygen atoms in total. The minimum absolute atomic E-state index is 0.112. The molecule has 0 fully saturated rings. The molecule has 3 N–H and O–H groups in total. The summed E-state index contributed by atoms with van der Waals surface area (Å²) in [6.07, 6.45) is 0. The second-order valence-corrected chi connectivity index (χ2v) is 9.92. The number of nitrogens with zero attached hydrogens (tertiary/aromatic N) is 1. The number of carbonyl (C=O) groups is 2. The average molecular weight is 489 g/mol. The molecule has 0 unspecified atom stereocenters. The van der Waals surface area contributed by atoms with Gasteiger partial charge in [-0.1, -0.05) is 18.2 Å². The lowest BCUT2D eigenvalue weighted by molar-refractivity contribution is 0.0524. The van der Waals surface area contributed by atoms with Gasteiger partial charge in [-0.2, -0.15) is 5.10 Å². The predicted molar refractivity (Wildman–Crippen MR) is 127 cm³/mol. The standard InChI is InChI=1S/C22H24N4O5S2/c1-5-31-22(28)19-13(2)20(23-14(19)3)15(4)24-25-21(27)16-9-6-7-10-17(16)26-33(29,30)18-11-8-12-32-18/h6-12,23,26H,5H2,1-4H3,(H,25,27). The van der Waals surface area contributed by atoms with E-state index in [4.69, 9.17) is 4.74 Å². The molecule has 0 atom stereocenters. The smallest absolute Gasteiger partial charge is 0.340 e. The molecule has 3 rings (SSSR count). The van der Waals surface area contributed by atoms with Crippen molar-refractivity contribution in [1.29, 1.82) is 0 Å². The van der Waals surface area contributed by atoms with Gasteiger partial charge in [0, 0.05) is 5.69 Å². The predicted octanol–water partition coefficient (Wildman–Crippen LogP) is 3.82. The Bertz CT molecular complexity index is 1310. The zero-order chi connectivity index (χ0) is 24.2. The second-order valence-electron chi connectivity index (χ2n) is 7.07. The highest BCUT2D eigenvalue weighted by atomic mass is 32.2. The number of thiophene rings is 1. The van der Waals surface area contributed by atoms with Crippen molar-refractivity contribution in [2.24, 2.45) is 5.10 Å². The molecule has 0 saturated carbocycles. The van der Waals surface area contributed by atoms with Gasteiger partial charge in [0.2, 0.25) is 0 Å². The van der Waals surface area contributed by atoms with Crippen LogP contribution in [-0.2, 0) is 14.8 Å². The third-order valence-electron chi connectivity index (χ3n) is 4.78. The van der Waals surface area contributed by atoms with Crippen molar-refractivity contribution in [1.82, 2.24) is 10.4 Å². The van der Waals surface area contributed by atoms with Gasteiger partial charge in [-0.05, 0) is 56.8 Å². The average Bonchev–Trinajstić information content (AvgIpc) is 3.41. The minimum atomic E-state index is -3.82. The van der Waals surface area contributed by atoms with Crippen LogP contribution in [0.2, 0.25) is 0 Å². The van der Waals surface area contributed by atoms with Gasteiger partial charge < -0.3 is 9.72 Å².